The van der Waals surface area contributed by atoms with Gasteiger partial charge in [0.2, 0.25) is 5.91 Å². The minimum absolute atomic E-state index is 0.146. The lowest BCUT2D eigenvalue weighted by atomic mass is 9.96. The Labute approximate surface area is 210 Å². The van der Waals surface area contributed by atoms with Gasteiger partial charge in [-0.2, -0.15) is 0 Å². The zero-order valence-corrected chi connectivity index (χ0v) is 21.3. The Balaban J connectivity index is 1.55. The summed E-state index contributed by atoms with van der Waals surface area (Å²) in [6.45, 7) is 2.56. The Hall–Kier alpha value is -2.51. The van der Waals surface area contributed by atoms with Crippen LogP contribution >= 0.6 is 15.9 Å². The Morgan fingerprint density at radius 3 is 2.35 bits per heavy atom. The number of nitrogens with zero attached hydrogens (tertiary/aromatic N) is 1. The largest absolute Gasteiger partial charge is 0.374 e. The number of hydrogen-bond donors (Lipinski definition) is 1. The molecule has 1 unspecified atom stereocenters. The van der Waals surface area contributed by atoms with Crippen LogP contribution in [0.25, 0.3) is 0 Å². The summed E-state index contributed by atoms with van der Waals surface area (Å²) in [7, 11) is 0. The van der Waals surface area contributed by atoms with Crippen LogP contribution in [0.2, 0.25) is 0 Å². The van der Waals surface area contributed by atoms with Gasteiger partial charge in [-0.1, -0.05) is 86.0 Å². The fourth-order valence-corrected chi connectivity index (χ4v) is 4.54. The fraction of sp³-hybridized carbons (Fsp3) is 0.444. The Kier molecular flexibility index (Phi) is 10.3. The predicted octanol–water partition coefficient (Wildman–Crippen LogP) is 6.84. The third kappa shape index (κ3) is 7.00. The number of ether oxygens (including phenoxy) is 1. The molecule has 34 heavy (non-hydrogen) atoms. The van der Waals surface area contributed by atoms with Gasteiger partial charge in [0, 0.05) is 16.8 Å². The number of carbonyl (C=O) groups is 3. The highest BCUT2D eigenvalue weighted by Crippen LogP contribution is 2.40. The maximum absolute atomic E-state index is 13.2. The van der Waals surface area contributed by atoms with Gasteiger partial charge in [-0.25, -0.2) is 9.69 Å². The second-order valence-corrected chi connectivity index (χ2v) is 9.52. The molecule has 1 atom stereocenters. The van der Waals surface area contributed by atoms with E-state index in [1.165, 1.54) is 38.5 Å². The quantitative estimate of drug-likeness (QED) is 0.228. The van der Waals surface area contributed by atoms with E-state index in [1.54, 1.807) is 42.5 Å². The van der Waals surface area contributed by atoms with E-state index in [-0.39, 0.29) is 12.4 Å². The minimum Gasteiger partial charge on any atom is -0.374 e. The van der Waals surface area contributed by atoms with Gasteiger partial charge >= 0.3 is 6.03 Å². The molecule has 0 bridgehead atoms. The first-order valence-corrected chi connectivity index (χ1v) is 12.9. The number of ketones is 1. The number of para-hydroxylation sites is 1. The van der Waals surface area contributed by atoms with Crippen molar-refractivity contribution in [2.45, 2.75) is 64.2 Å². The van der Waals surface area contributed by atoms with E-state index in [9.17, 15) is 14.4 Å². The van der Waals surface area contributed by atoms with E-state index < -0.39 is 17.9 Å². The smallest absolute Gasteiger partial charge is 0.333 e. The van der Waals surface area contributed by atoms with Crippen molar-refractivity contribution in [1.82, 2.24) is 0 Å². The lowest BCUT2D eigenvalue weighted by molar-refractivity contribution is -0.130. The molecule has 0 saturated carbocycles. The van der Waals surface area contributed by atoms with E-state index in [1.807, 2.05) is 6.07 Å². The Morgan fingerprint density at radius 2 is 1.65 bits per heavy atom. The molecular formula is C27H33BrN2O4. The number of unbranched alkanes of at least 4 members (excludes halogenated alkanes) is 7. The maximum atomic E-state index is 13.2. The van der Waals surface area contributed by atoms with Gasteiger partial charge < -0.3 is 10.1 Å². The van der Waals surface area contributed by atoms with E-state index in [0.29, 0.717) is 23.5 Å². The van der Waals surface area contributed by atoms with E-state index in [2.05, 4.69) is 28.2 Å². The van der Waals surface area contributed by atoms with Gasteiger partial charge in [0.15, 0.2) is 5.78 Å². The van der Waals surface area contributed by atoms with Crippen LogP contribution in [0.15, 0.2) is 53.0 Å². The Morgan fingerprint density at radius 1 is 0.971 bits per heavy atom. The van der Waals surface area contributed by atoms with Crippen molar-refractivity contribution in [3.8, 4) is 0 Å². The van der Waals surface area contributed by atoms with Crippen LogP contribution in [0, 0.1) is 0 Å². The lowest BCUT2D eigenvalue weighted by Crippen LogP contribution is -2.40. The molecule has 0 aliphatic carbocycles. The summed E-state index contributed by atoms with van der Waals surface area (Å²) in [5, 5.41) is 2.73. The zero-order chi connectivity index (χ0) is 24.3. The summed E-state index contributed by atoms with van der Waals surface area (Å²) in [6, 6.07) is 13.5. The number of urea groups is 1. The van der Waals surface area contributed by atoms with Crippen molar-refractivity contribution in [1.29, 1.82) is 0 Å². The van der Waals surface area contributed by atoms with Crippen molar-refractivity contribution in [2.75, 3.05) is 23.4 Å². The summed E-state index contributed by atoms with van der Waals surface area (Å²) in [5.74, 6) is -1.94. The highest BCUT2D eigenvalue weighted by Gasteiger charge is 2.44. The molecule has 2 aromatic carbocycles. The Bertz CT molecular complexity index is 980. The molecule has 1 heterocycles. The normalized spacial score (nSPS) is 14.8. The predicted molar refractivity (Wildman–Crippen MR) is 138 cm³/mol. The number of imide groups is 1. The minimum atomic E-state index is -1.05. The van der Waals surface area contributed by atoms with Crippen molar-refractivity contribution >= 4 is 45.0 Å². The first-order valence-electron chi connectivity index (χ1n) is 12.1. The van der Waals surface area contributed by atoms with E-state index >= 15 is 0 Å². The first-order chi connectivity index (χ1) is 16.5. The maximum Gasteiger partial charge on any atom is 0.333 e. The van der Waals surface area contributed by atoms with Crippen LogP contribution in [0.1, 0.15) is 69.8 Å². The second kappa shape index (κ2) is 13.4. The number of nitrogens with one attached hydrogen (secondary N) is 1. The molecule has 7 heteroatoms. The van der Waals surface area contributed by atoms with Gasteiger partial charge in [0.1, 0.15) is 12.5 Å². The van der Waals surface area contributed by atoms with Crippen LogP contribution in [0.5, 0.6) is 0 Å². The van der Waals surface area contributed by atoms with Gasteiger partial charge in [-0.05, 0) is 42.3 Å². The molecule has 1 N–H and O–H groups in total. The molecular weight excluding hydrogens is 496 g/mol. The average molecular weight is 529 g/mol. The van der Waals surface area contributed by atoms with Crippen LogP contribution < -0.4 is 10.2 Å². The molecule has 0 fully saturated rings. The topological polar surface area (TPSA) is 75.7 Å². The molecule has 0 radical (unpaired) electrons. The van der Waals surface area contributed by atoms with Crippen LogP contribution in [-0.4, -0.2) is 30.9 Å². The van der Waals surface area contributed by atoms with E-state index in [4.69, 9.17) is 4.74 Å². The molecule has 0 spiro atoms. The SMILES string of the molecule is CCCCCCCCCCOCC(=O)C1C(=O)N(C(=O)Nc2ccccc2)c2ccc(Br)cc21. The average Bonchev–Trinajstić information content (AvgIpc) is 3.11. The summed E-state index contributed by atoms with van der Waals surface area (Å²) >= 11 is 3.41. The van der Waals surface area contributed by atoms with Crippen LogP contribution in [0.3, 0.4) is 0 Å². The number of hydrogen-bond acceptors (Lipinski definition) is 4. The molecule has 0 saturated heterocycles. The van der Waals surface area contributed by atoms with E-state index in [0.717, 1.165) is 22.2 Å². The summed E-state index contributed by atoms with van der Waals surface area (Å²) in [4.78, 5) is 40.2. The molecule has 182 valence electrons. The molecule has 0 aromatic heterocycles. The van der Waals surface area contributed by atoms with Gasteiger partial charge in [-0.3, -0.25) is 9.59 Å². The molecule has 3 amide bonds. The van der Waals surface area contributed by atoms with Crippen molar-refractivity contribution in [3.63, 3.8) is 0 Å². The van der Waals surface area contributed by atoms with Crippen molar-refractivity contribution < 1.29 is 19.1 Å². The molecule has 6 nitrogen and oxygen atoms in total. The number of fused-ring (bicyclic) bond motifs is 1. The lowest BCUT2D eigenvalue weighted by Gasteiger charge is -2.17. The van der Waals surface area contributed by atoms with Crippen molar-refractivity contribution in [2.24, 2.45) is 0 Å². The summed E-state index contributed by atoms with van der Waals surface area (Å²) in [5.41, 5.74) is 1.51. The number of Topliss-reactive ketones (excluding diaryl/α,β-unsaturated/α-hetero) is 1. The highest BCUT2D eigenvalue weighted by molar-refractivity contribution is 9.10. The van der Waals surface area contributed by atoms with Gasteiger partial charge in [0.05, 0.1) is 5.69 Å². The number of anilines is 2. The first kappa shape index (κ1) is 26.1. The van der Waals surface area contributed by atoms with Crippen molar-refractivity contribution in [3.05, 3.63) is 58.6 Å². The molecule has 2 aromatic rings. The molecule has 1 aliphatic rings. The monoisotopic (exact) mass is 528 g/mol. The van der Waals surface area contributed by atoms with Gasteiger partial charge in [0.25, 0.3) is 0 Å². The summed E-state index contributed by atoms with van der Waals surface area (Å²) < 4.78 is 6.34. The second-order valence-electron chi connectivity index (χ2n) is 8.60. The molecule has 3 rings (SSSR count). The van der Waals surface area contributed by atoms with Crippen LogP contribution in [-0.2, 0) is 14.3 Å². The summed E-state index contributed by atoms with van der Waals surface area (Å²) in [6.07, 6.45) is 9.52. The molecule has 1 aliphatic heterocycles. The highest BCUT2D eigenvalue weighted by atomic mass is 79.9. The number of benzene rings is 2. The number of amides is 3. The fourth-order valence-electron chi connectivity index (χ4n) is 4.16. The van der Waals surface area contributed by atoms with Crippen LogP contribution in [0.4, 0.5) is 16.2 Å². The number of halogens is 1. The number of rotatable bonds is 13. The number of carbonyl (C=O) groups excluding carboxylic acids is 3. The van der Waals surface area contributed by atoms with Gasteiger partial charge in [-0.15, -0.1) is 0 Å². The third-order valence-corrected chi connectivity index (χ3v) is 6.44. The third-order valence-electron chi connectivity index (χ3n) is 5.95. The zero-order valence-electron chi connectivity index (χ0n) is 19.7. The standard InChI is InChI=1S/C27H33BrN2O4/c1-2-3-4-5-6-7-8-12-17-34-19-24(31)25-22-18-20(28)15-16-23(22)30(26(25)32)27(33)29-21-13-10-9-11-14-21/h9-11,13-16,18,25H,2-8,12,17,19H2,1H3,(H,29,33).